The number of benzene rings is 3. The van der Waals surface area contributed by atoms with E-state index in [0.29, 0.717) is 15.6 Å². The van der Waals surface area contributed by atoms with Gasteiger partial charge in [0.25, 0.3) is 0 Å². The van der Waals surface area contributed by atoms with Crippen molar-refractivity contribution in [1.82, 2.24) is 5.32 Å². The molecule has 9 heteroatoms. The lowest BCUT2D eigenvalue weighted by Gasteiger charge is -2.19. The smallest absolute Gasteiger partial charge is 0.407 e. The summed E-state index contributed by atoms with van der Waals surface area (Å²) in [6.07, 6.45) is -0.937. The number of ether oxygens (including phenoxy) is 2. The third kappa shape index (κ3) is 5.98. The van der Waals surface area contributed by atoms with Crippen molar-refractivity contribution in [2.24, 2.45) is 5.73 Å². The van der Waals surface area contributed by atoms with Crippen molar-refractivity contribution >= 4 is 41.2 Å². The summed E-state index contributed by atoms with van der Waals surface area (Å²) in [6, 6.07) is 19.7. The van der Waals surface area contributed by atoms with E-state index >= 15 is 0 Å². The van der Waals surface area contributed by atoms with Gasteiger partial charge >= 0.3 is 12.1 Å². The first-order valence-electron chi connectivity index (χ1n) is 11.3. The maximum atomic E-state index is 12.7. The van der Waals surface area contributed by atoms with Crippen LogP contribution >= 0.6 is 23.2 Å². The van der Waals surface area contributed by atoms with Crippen molar-refractivity contribution in [1.29, 1.82) is 0 Å². The molecule has 3 aromatic carbocycles. The molecule has 0 aromatic heterocycles. The summed E-state index contributed by atoms with van der Waals surface area (Å²) in [4.78, 5) is 36.6. The van der Waals surface area contributed by atoms with Crippen LogP contribution in [0.15, 0.2) is 66.7 Å². The highest BCUT2D eigenvalue weighted by atomic mass is 35.5. The van der Waals surface area contributed by atoms with Gasteiger partial charge in [-0.05, 0) is 46.4 Å². The molecular weight excluding hydrogens is 503 g/mol. The van der Waals surface area contributed by atoms with Gasteiger partial charge in [0, 0.05) is 12.3 Å². The average molecular weight is 527 g/mol. The molecule has 0 radical (unpaired) electrons. The zero-order chi connectivity index (χ0) is 25.7. The Labute approximate surface area is 218 Å². The second-order valence-electron chi connectivity index (χ2n) is 8.38. The summed E-state index contributed by atoms with van der Waals surface area (Å²) < 4.78 is 10.8. The Bertz CT molecular complexity index is 1250. The number of amides is 2. The fourth-order valence-electron chi connectivity index (χ4n) is 4.20. The van der Waals surface area contributed by atoms with E-state index < -0.39 is 24.0 Å². The van der Waals surface area contributed by atoms with Crippen LogP contribution < -0.4 is 11.1 Å². The Hall–Kier alpha value is -3.55. The van der Waals surface area contributed by atoms with Crippen LogP contribution in [0.2, 0.25) is 10.0 Å². The van der Waals surface area contributed by atoms with Crippen molar-refractivity contribution in [2.45, 2.75) is 31.4 Å². The molecule has 3 aromatic rings. The lowest BCUT2D eigenvalue weighted by Crippen LogP contribution is -2.43. The topological polar surface area (TPSA) is 108 Å². The van der Waals surface area contributed by atoms with Gasteiger partial charge in [-0.15, -0.1) is 0 Å². The molecule has 0 spiro atoms. The Morgan fingerprint density at radius 2 is 1.53 bits per heavy atom. The molecule has 1 atom stereocenters. The van der Waals surface area contributed by atoms with Crippen LogP contribution in [0.4, 0.5) is 4.79 Å². The number of alkyl carbamates (subject to hydrolysis) is 1. The highest BCUT2D eigenvalue weighted by Gasteiger charge is 2.30. The summed E-state index contributed by atoms with van der Waals surface area (Å²) in [5.74, 6) is -1.46. The Kier molecular flexibility index (Phi) is 8.13. The molecule has 1 aliphatic rings. The van der Waals surface area contributed by atoms with Gasteiger partial charge in [-0.3, -0.25) is 4.79 Å². The van der Waals surface area contributed by atoms with Gasteiger partial charge in [0.2, 0.25) is 5.91 Å². The monoisotopic (exact) mass is 526 g/mol. The third-order valence-electron chi connectivity index (χ3n) is 5.96. The van der Waals surface area contributed by atoms with Crippen LogP contribution in [0, 0.1) is 0 Å². The molecule has 0 aliphatic heterocycles. The minimum atomic E-state index is -1.11. The number of hydrogen-bond acceptors (Lipinski definition) is 5. The fraction of sp³-hybridized carbons (Fsp3) is 0.222. The van der Waals surface area contributed by atoms with Gasteiger partial charge in [-0.2, -0.15) is 0 Å². The largest absolute Gasteiger partial charge is 0.459 e. The van der Waals surface area contributed by atoms with Crippen LogP contribution in [0.3, 0.4) is 0 Å². The molecule has 0 saturated heterocycles. The maximum absolute atomic E-state index is 12.7. The number of halogens is 2. The van der Waals surface area contributed by atoms with Gasteiger partial charge in [-0.25, -0.2) is 9.59 Å². The molecule has 4 rings (SSSR count). The van der Waals surface area contributed by atoms with Crippen LogP contribution in [0.5, 0.6) is 0 Å². The van der Waals surface area contributed by atoms with Gasteiger partial charge in [0.1, 0.15) is 19.3 Å². The minimum Gasteiger partial charge on any atom is -0.459 e. The first-order valence-corrected chi connectivity index (χ1v) is 12.1. The lowest BCUT2D eigenvalue weighted by molar-refractivity contribution is -0.147. The molecular formula is C27H24Cl2N2O5. The quantitative estimate of drug-likeness (QED) is 0.372. The predicted molar refractivity (Wildman–Crippen MR) is 137 cm³/mol. The summed E-state index contributed by atoms with van der Waals surface area (Å²) in [5, 5.41) is 3.21. The summed E-state index contributed by atoms with van der Waals surface area (Å²) in [7, 11) is 0. The SMILES string of the molecule is NC(=O)CC[C@H](NC(=O)OCC1c2ccccc2-c2ccccc21)C(=O)OCc1ccc(Cl)c(Cl)c1. The molecule has 1 aliphatic carbocycles. The fourth-order valence-corrected chi connectivity index (χ4v) is 4.52. The molecule has 0 heterocycles. The number of hydrogen-bond donors (Lipinski definition) is 2. The standard InChI is InChI=1S/C27H24Cl2N2O5/c28-22-10-9-16(13-23(22)29)14-35-26(33)24(11-12-25(30)32)31-27(34)36-15-21-19-7-3-1-5-17(19)18-6-2-4-8-20(18)21/h1-10,13,21,24H,11-12,14-15H2,(H2,30,32)(H,31,34)/t24-/m0/s1. The van der Waals surface area contributed by atoms with Crippen molar-refractivity contribution in [2.75, 3.05) is 6.61 Å². The van der Waals surface area contributed by atoms with Crippen molar-refractivity contribution < 1.29 is 23.9 Å². The molecule has 7 nitrogen and oxygen atoms in total. The van der Waals surface area contributed by atoms with E-state index in [9.17, 15) is 14.4 Å². The highest BCUT2D eigenvalue weighted by Crippen LogP contribution is 2.44. The zero-order valence-electron chi connectivity index (χ0n) is 19.2. The second kappa shape index (κ2) is 11.5. The van der Waals surface area contributed by atoms with Crippen LogP contribution in [0.25, 0.3) is 11.1 Å². The molecule has 0 unspecified atom stereocenters. The molecule has 2 amide bonds. The van der Waals surface area contributed by atoms with E-state index in [4.69, 9.17) is 38.4 Å². The van der Waals surface area contributed by atoms with E-state index in [1.54, 1.807) is 18.2 Å². The maximum Gasteiger partial charge on any atom is 0.407 e. The van der Waals surface area contributed by atoms with Crippen molar-refractivity contribution in [3.8, 4) is 11.1 Å². The molecule has 0 fully saturated rings. The normalized spacial score (nSPS) is 12.8. The molecule has 36 heavy (non-hydrogen) atoms. The molecule has 0 bridgehead atoms. The van der Waals surface area contributed by atoms with Crippen LogP contribution in [-0.4, -0.2) is 30.6 Å². The van der Waals surface area contributed by atoms with Gasteiger partial charge in [0.05, 0.1) is 10.0 Å². The number of rotatable bonds is 9. The van der Waals surface area contributed by atoms with Gasteiger partial charge in [-0.1, -0.05) is 77.8 Å². The zero-order valence-corrected chi connectivity index (χ0v) is 20.7. The van der Waals surface area contributed by atoms with E-state index in [2.05, 4.69) is 5.32 Å². The minimum absolute atomic E-state index is 0.0280. The Balaban J connectivity index is 1.39. The summed E-state index contributed by atoms with van der Waals surface area (Å²) in [5.41, 5.74) is 10.2. The Morgan fingerprint density at radius 1 is 0.889 bits per heavy atom. The van der Waals surface area contributed by atoms with E-state index in [0.717, 1.165) is 22.3 Å². The summed E-state index contributed by atoms with van der Waals surface area (Å²) in [6.45, 7) is -0.00408. The number of nitrogens with two attached hydrogens (primary N) is 1. The van der Waals surface area contributed by atoms with E-state index in [1.165, 1.54) is 0 Å². The predicted octanol–water partition coefficient (Wildman–Crippen LogP) is 5.21. The third-order valence-corrected chi connectivity index (χ3v) is 6.70. The number of carbonyl (C=O) groups is 3. The number of fused-ring (bicyclic) bond motifs is 3. The molecule has 186 valence electrons. The number of esters is 1. The second-order valence-corrected chi connectivity index (χ2v) is 9.20. The molecule has 0 saturated carbocycles. The highest BCUT2D eigenvalue weighted by molar-refractivity contribution is 6.42. The molecule has 3 N–H and O–H groups in total. The van der Waals surface area contributed by atoms with Gasteiger partial charge in [0.15, 0.2) is 0 Å². The number of carbonyl (C=O) groups excluding carboxylic acids is 3. The van der Waals surface area contributed by atoms with Crippen LogP contribution in [0.1, 0.15) is 35.4 Å². The first-order chi connectivity index (χ1) is 17.3. The van der Waals surface area contributed by atoms with Crippen molar-refractivity contribution in [3.05, 3.63) is 93.5 Å². The Morgan fingerprint density at radius 3 is 2.14 bits per heavy atom. The lowest BCUT2D eigenvalue weighted by atomic mass is 9.98. The number of nitrogens with one attached hydrogen (secondary N) is 1. The number of primary amides is 1. The summed E-state index contributed by atoms with van der Waals surface area (Å²) >= 11 is 11.9. The van der Waals surface area contributed by atoms with E-state index in [1.807, 2.05) is 48.5 Å². The van der Waals surface area contributed by atoms with Crippen molar-refractivity contribution in [3.63, 3.8) is 0 Å². The van der Waals surface area contributed by atoms with Crippen LogP contribution in [-0.2, 0) is 25.7 Å². The average Bonchev–Trinajstić information content (AvgIpc) is 3.19. The first kappa shape index (κ1) is 25.5. The van der Waals surface area contributed by atoms with Gasteiger partial charge < -0.3 is 20.5 Å². The van der Waals surface area contributed by atoms with E-state index in [-0.39, 0.29) is 32.0 Å².